The molecule has 1 aliphatic heterocycles. The molecule has 5 heteroatoms. The molecular weight excluding hydrogens is 187 g/mol. The second-order valence-corrected chi connectivity index (χ2v) is 3.39. The van der Waals surface area contributed by atoms with Crippen molar-refractivity contribution in [2.24, 2.45) is 5.10 Å². The average molecular weight is 194 g/mol. The maximum atomic E-state index is 11.2. The van der Waals surface area contributed by atoms with Gasteiger partial charge in [-0.2, -0.15) is 0 Å². The number of hydrogen-bond acceptors (Lipinski definition) is 2. The first-order valence-corrected chi connectivity index (χ1v) is 3.70. The Bertz CT molecular complexity index is 268. The van der Waals surface area contributed by atoms with Crippen molar-refractivity contribution in [1.29, 1.82) is 0 Å². The van der Waals surface area contributed by atoms with Crippen molar-refractivity contribution in [1.82, 2.24) is 0 Å². The number of hydrogen-bond donors (Lipinski definition) is 0. The van der Waals surface area contributed by atoms with E-state index in [1.807, 2.05) is 0 Å². The molecule has 1 heterocycles. The molecule has 0 unspecified atom stereocenters. The van der Waals surface area contributed by atoms with Crippen LogP contribution in [0, 0.1) is 0 Å². The molecule has 60 valence electrons. The summed E-state index contributed by atoms with van der Waals surface area (Å²) in [5.41, 5.74) is 0. The molecule has 11 heavy (non-hydrogen) atoms. The van der Waals surface area contributed by atoms with Gasteiger partial charge in [0.25, 0.3) is 0 Å². The fraction of sp³-hybridized carbons (Fsp3) is 0.333. The number of halogens is 2. The van der Waals surface area contributed by atoms with Crippen molar-refractivity contribution in [3.05, 3.63) is 10.1 Å². The van der Waals surface area contributed by atoms with Gasteiger partial charge in [0.2, 0.25) is 0 Å². The first-order chi connectivity index (χ1) is 4.95. The van der Waals surface area contributed by atoms with Gasteiger partial charge in [-0.3, -0.25) is 0 Å². The predicted molar refractivity (Wildman–Crippen MR) is 44.3 cm³/mol. The normalized spacial score (nSPS) is 22.7. The predicted octanol–water partition coefficient (Wildman–Crippen LogP) is 1.28. The summed E-state index contributed by atoms with van der Waals surface area (Å²) in [7, 11) is 3.26. The highest BCUT2D eigenvalue weighted by molar-refractivity contribution is 6.52. The lowest BCUT2D eigenvalue weighted by molar-refractivity contribution is -0.818. The molecule has 1 amide bonds. The highest BCUT2D eigenvalue weighted by Crippen LogP contribution is 2.22. The van der Waals surface area contributed by atoms with E-state index in [9.17, 15) is 4.79 Å². The molecule has 0 fully saturated rings. The minimum absolute atomic E-state index is 0.0478. The highest BCUT2D eigenvalue weighted by atomic mass is 35.5. The number of amides is 1. The zero-order valence-electron chi connectivity index (χ0n) is 6.14. The Morgan fingerprint density at radius 1 is 1.45 bits per heavy atom. The first kappa shape index (κ1) is 8.71. The Labute approximate surface area is 74.5 Å². The molecule has 0 N–H and O–H groups in total. The van der Waals surface area contributed by atoms with E-state index in [4.69, 9.17) is 23.2 Å². The largest absolute Gasteiger partial charge is 0.384 e. The van der Waals surface area contributed by atoms with Gasteiger partial charge in [0.1, 0.15) is 20.3 Å². The van der Waals surface area contributed by atoms with Gasteiger partial charge in [-0.25, -0.2) is 4.79 Å². The van der Waals surface area contributed by atoms with Crippen molar-refractivity contribution in [3.8, 4) is 0 Å². The minimum atomic E-state index is -0.292. The van der Waals surface area contributed by atoms with E-state index in [0.717, 1.165) is 0 Å². The van der Waals surface area contributed by atoms with Crippen molar-refractivity contribution in [2.75, 3.05) is 14.1 Å². The van der Waals surface area contributed by atoms with Crippen molar-refractivity contribution < 1.29 is 9.39 Å². The third-order valence-electron chi connectivity index (χ3n) is 1.35. The minimum Gasteiger partial charge on any atom is -0.222 e. The van der Waals surface area contributed by atoms with Gasteiger partial charge in [-0.05, 0) is 0 Å². The number of rotatable bonds is 0. The van der Waals surface area contributed by atoms with Crippen molar-refractivity contribution in [2.45, 2.75) is 0 Å². The molecule has 1 aliphatic rings. The molecule has 0 spiro atoms. The molecule has 0 aliphatic carbocycles. The summed E-state index contributed by atoms with van der Waals surface area (Å²) in [6.45, 7) is 0. The van der Waals surface area contributed by atoms with E-state index < -0.39 is 0 Å². The average Bonchev–Trinajstić information content (AvgIpc) is 1.95. The van der Waals surface area contributed by atoms with Gasteiger partial charge in [0.15, 0.2) is 5.03 Å². The standard InChI is InChI=1S/C6H7Cl2N2O/c1-10(2)6(11)5(8)4(7)3-9-10/h3H,1-2H3/q+1. The summed E-state index contributed by atoms with van der Waals surface area (Å²) in [5.74, 6) is -0.292. The second kappa shape index (κ2) is 2.59. The Morgan fingerprint density at radius 3 is 2.45 bits per heavy atom. The molecule has 0 bridgehead atoms. The molecule has 0 atom stereocenters. The lowest BCUT2D eigenvalue weighted by Gasteiger charge is -2.21. The number of carbonyl (C=O) groups is 1. The molecule has 1 rings (SSSR count). The Balaban J connectivity index is 3.11. The van der Waals surface area contributed by atoms with E-state index in [0.29, 0.717) is 0 Å². The van der Waals surface area contributed by atoms with Gasteiger partial charge in [-0.15, -0.1) is 4.59 Å². The van der Waals surface area contributed by atoms with Crippen molar-refractivity contribution >= 4 is 35.3 Å². The van der Waals surface area contributed by atoms with Gasteiger partial charge in [0.05, 0.1) is 5.03 Å². The highest BCUT2D eigenvalue weighted by Gasteiger charge is 2.34. The molecule has 0 aromatic rings. The van der Waals surface area contributed by atoms with Gasteiger partial charge >= 0.3 is 5.91 Å². The van der Waals surface area contributed by atoms with E-state index in [1.165, 1.54) is 6.21 Å². The maximum absolute atomic E-state index is 11.2. The molecule has 0 aromatic carbocycles. The summed E-state index contributed by atoms with van der Waals surface area (Å²) < 4.78 is -0.130. The third-order valence-corrected chi connectivity index (χ3v) is 2.10. The van der Waals surface area contributed by atoms with Crippen LogP contribution in [-0.4, -0.2) is 30.8 Å². The van der Waals surface area contributed by atoms with E-state index in [-0.39, 0.29) is 20.6 Å². The maximum Gasteiger partial charge on any atom is 0.384 e. The van der Waals surface area contributed by atoms with Crippen LogP contribution in [0.2, 0.25) is 0 Å². The Kier molecular flexibility index (Phi) is 2.05. The van der Waals surface area contributed by atoms with Crippen LogP contribution in [0.3, 0.4) is 0 Å². The number of likely N-dealkylation sites (N-methyl/N-ethyl adjacent to an activating group) is 1. The summed E-state index contributed by atoms with van der Waals surface area (Å²) >= 11 is 11.2. The monoisotopic (exact) mass is 193 g/mol. The van der Waals surface area contributed by atoms with Crippen LogP contribution in [-0.2, 0) is 4.79 Å². The SMILES string of the molecule is C[N+]1(C)N=CC(Cl)=C(Cl)C1=O. The van der Waals surface area contributed by atoms with E-state index >= 15 is 0 Å². The van der Waals surface area contributed by atoms with Crippen LogP contribution < -0.4 is 0 Å². The Morgan fingerprint density at radius 2 is 2.00 bits per heavy atom. The summed E-state index contributed by atoms with van der Waals surface area (Å²) in [6.07, 6.45) is 1.38. The van der Waals surface area contributed by atoms with Gasteiger partial charge in [-0.1, -0.05) is 28.3 Å². The smallest absolute Gasteiger partial charge is 0.222 e. The van der Waals surface area contributed by atoms with E-state index in [2.05, 4.69) is 5.10 Å². The fourth-order valence-electron chi connectivity index (χ4n) is 0.647. The molecule has 0 saturated heterocycles. The molecule has 0 saturated carbocycles. The van der Waals surface area contributed by atoms with Crippen LogP contribution in [0.5, 0.6) is 0 Å². The molecule has 3 nitrogen and oxygen atoms in total. The zero-order chi connectivity index (χ0) is 8.65. The summed E-state index contributed by atoms with van der Waals surface area (Å²) in [4.78, 5) is 11.2. The lowest BCUT2D eigenvalue weighted by atomic mass is 10.4. The Hall–Kier alpha value is -0.380. The van der Waals surface area contributed by atoms with Gasteiger partial charge in [0, 0.05) is 0 Å². The molecule has 0 aromatic heterocycles. The fourth-order valence-corrected chi connectivity index (χ4v) is 1.03. The number of nitrogens with zero attached hydrogens (tertiary/aromatic N) is 2. The van der Waals surface area contributed by atoms with Crippen LogP contribution in [0.25, 0.3) is 0 Å². The first-order valence-electron chi connectivity index (χ1n) is 2.95. The number of carbonyl (C=O) groups excluding carboxylic acids is 1. The summed E-state index contributed by atoms with van der Waals surface area (Å²) in [5, 5.41) is 4.11. The number of quaternary nitrogens is 1. The zero-order valence-corrected chi connectivity index (χ0v) is 7.65. The number of allylic oxidation sites excluding steroid dienone is 1. The second-order valence-electron chi connectivity index (χ2n) is 2.61. The third kappa shape index (κ3) is 1.45. The quantitative estimate of drug-likeness (QED) is 0.534. The molecular formula is C6H7Cl2N2O+. The van der Waals surface area contributed by atoms with Crippen LogP contribution in [0.1, 0.15) is 0 Å². The lowest BCUT2D eigenvalue weighted by Crippen LogP contribution is -2.42. The van der Waals surface area contributed by atoms with Crippen LogP contribution in [0.15, 0.2) is 15.2 Å². The van der Waals surface area contributed by atoms with Crippen LogP contribution >= 0.6 is 23.2 Å². The van der Waals surface area contributed by atoms with Crippen molar-refractivity contribution in [3.63, 3.8) is 0 Å². The van der Waals surface area contributed by atoms with Gasteiger partial charge < -0.3 is 0 Å². The topological polar surface area (TPSA) is 29.4 Å². The summed E-state index contributed by atoms with van der Waals surface area (Å²) in [6, 6.07) is 0. The molecule has 0 radical (unpaired) electrons. The van der Waals surface area contributed by atoms with Crippen LogP contribution in [0.4, 0.5) is 0 Å². The van der Waals surface area contributed by atoms with E-state index in [1.54, 1.807) is 14.1 Å².